The fourth-order valence-electron chi connectivity index (χ4n) is 3.27. The van der Waals surface area contributed by atoms with Gasteiger partial charge in [-0.1, -0.05) is 30.0 Å². The van der Waals surface area contributed by atoms with Gasteiger partial charge in [-0.25, -0.2) is 13.4 Å². The number of pyridine rings is 1. The van der Waals surface area contributed by atoms with Gasteiger partial charge in [0, 0.05) is 18.0 Å². The minimum Gasteiger partial charge on any atom is -0.338 e. The van der Waals surface area contributed by atoms with Gasteiger partial charge in [-0.05, 0) is 38.0 Å². The first-order valence-corrected chi connectivity index (χ1v) is 11.2. The molecule has 0 spiro atoms. The third-order valence-corrected chi connectivity index (χ3v) is 7.20. The van der Waals surface area contributed by atoms with Crippen molar-refractivity contribution in [2.24, 2.45) is 0 Å². The monoisotopic (exact) mass is 378 g/mol. The second-order valence-corrected chi connectivity index (χ2v) is 9.54. The SMILES string of the molecule is CCN(C(=O)CSc1cc(C)c2ccccc2n1)[C@@H]1CCS(=O)(=O)C1. The zero-order valence-corrected chi connectivity index (χ0v) is 16.1. The molecule has 2 aromatic rings. The van der Waals surface area contributed by atoms with Crippen molar-refractivity contribution in [3.05, 3.63) is 35.9 Å². The van der Waals surface area contributed by atoms with Gasteiger partial charge in [0.05, 0.1) is 27.8 Å². The molecule has 1 amide bonds. The van der Waals surface area contributed by atoms with Crippen LogP contribution in [0.15, 0.2) is 35.4 Å². The number of rotatable bonds is 5. The highest BCUT2D eigenvalue weighted by Crippen LogP contribution is 2.25. The highest BCUT2D eigenvalue weighted by molar-refractivity contribution is 7.99. The summed E-state index contributed by atoms with van der Waals surface area (Å²) in [4.78, 5) is 18.9. The van der Waals surface area contributed by atoms with Crippen molar-refractivity contribution in [2.75, 3.05) is 23.8 Å². The molecule has 1 saturated heterocycles. The summed E-state index contributed by atoms with van der Waals surface area (Å²) < 4.78 is 23.3. The summed E-state index contributed by atoms with van der Waals surface area (Å²) in [5.74, 6) is 0.516. The van der Waals surface area contributed by atoms with Crippen molar-refractivity contribution in [3.63, 3.8) is 0 Å². The Kier molecular flexibility index (Phi) is 5.34. The first kappa shape index (κ1) is 18.2. The van der Waals surface area contributed by atoms with E-state index in [9.17, 15) is 13.2 Å². The van der Waals surface area contributed by atoms with Crippen LogP contribution in [-0.4, -0.2) is 54.1 Å². The van der Waals surface area contributed by atoms with Crippen LogP contribution in [0.4, 0.5) is 0 Å². The minimum absolute atomic E-state index is 0.0257. The van der Waals surface area contributed by atoms with Crippen LogP contribution >= 0.6 is 11.8 Å². The number of hydrogen-bond acceptors (Lipinski definition) is 5. The number of thioether (sulfide) groups is 1. The van der Waals surface area contributed by atoms with Gasteiger partial charge in [-0.15, -0.1) is 0 Å². The molecule has 0 saturated carbocycles. The molecule has 1 aliphatic heterocycles. The molecule has 0 radical (unpaired) electrons. The van der Waals surface area contributed by atoms with Crippen molar-refractivity contribution in [2.45, 2.75) is 31.3 Å². The van der Waals surface area contributed by atoms with E-state index in [-0.39, 0.29) is 29.2 Å². The lowest BCUT2D eigenvalue weighted by Gasteiger charge is -2.26. The molecule has 1 atom stereocenters. The molecule has 0 unspecified atom stereocenters. The Morgan fingerprint density at radius 3 is 2.80 bits per heavy atom. The van der Waals surface area contributed by atoms with Crippen LogP contribution in [-0.2, 0) is 14.6 Å². The summed E-state index contributed by atoms with van der Waals surface area (Å²) in [5, 5.41) is 1.93. The fraction of sp³-hybridized carbons (Fsp3) is 0.444. The molecule has 5 nitrogen and oxygen atoms in total. The van der Waals surface area contributed by atoms with E-state index in [4.69, 9.17) is 0 Å². The third kappa shape index (κ3) is 4.15. The molecule has 7 heteroatoms. The van der Waals surface area contributed by atoms with Crippen molar-refractivity contribution in [1.82, 2.24) is 9.88 Å². The van der Waals surface area contributed by atoms with E-state index < -0.39 is 9.84 Å². The zero-order valence-electron chi connectivity index (χ0n) is 14.4. The number of aromatic nitrogens is 1. The smallest absolute Gasteiger partial charge is 0.233 e. The summed E-state index contributed by atoms with van der Waals surface area (Å²) in [7, 11) is -2.99. The molecule has 25 heavy (non-hydrogen) atoms. The number of sulfone groups is 1. The molecule has 1 aliphatic rings. The number of nitrogens with zero attached hydrogens (tertiary/aromatic N) is 2. The summed E-state index contributed by atoms with van der Waals surface area (Å²) in [6.07, 6.45) is 0.542. The van der Waals surface area contributed by atoms with Gasteiger partial charge in [-0.2, -0.15) is 0 Å². The third-order valence-electron chi connectivity index (χ3n) is 4.55. The first-order chi connectivity index (χ1) is 11.9. The molecule has 0 N–H and O–H groups in total. The molecule has 134 valence electrons. The fourth-order valence-corrected chi connectivity index (χ4v) is 5.86. The minimum atomic E-state index is -2.99. The Labute approximate surface area is 152 Å². The Balaban J connectivity index is 1.69. The van der Waals surface area contributed by atoms with Crippen molar-refractivity contribution in [3.8, 4) is 0 Å². The highest BCUT2D eigenvalue weighted by atomic mass is 32.2. The lowest BCUT2D eigenvalue weighted by molar-refractivity contribution is -0.129. The quantitative estimate of drug-likeness (QED) is 0.749. The van der Waals surface area contributed by atoms with Crippen LogP contribution in [0.3, 0.4) is 0 Å². The Hall–Kier alpha value is -1.60. The lowest BCUT2D eigenvalue weighted by Crippen LogP contribution is -2.41. The maximum absolute atomic E-state index is 12.6. The Morgan fingerprint density at radius 2 is 2.12 bits per heavy atom. The molecular formula is C18H22N2O3S2. The number of fused-ring (bicyclic) bond motifs is 1. The number of carbonyl (C=O) groups is 1. The molecule has 2 heterocycles. The van der Waals surface area contributed by atoms with Crippen LogP contribution in [0.5, 0.6) is 0 Å². The van der Waals surface area contributed by atoms with Crippen LogP contribution < -0.4 is 0 Å². The second kappa shape index (κ2) is 7.33. The number of para-hydroxylation sites is 1. The highest BCUT2D eigenvalue weighted by Gasteiger charge is 2.33. The average Bonchev–Trinajstić information content (AvgIpc) is 2.93. The summed E-state index contributed by atoms with van der Waals surface area (Å²) >= 11 is 1.41. The van der Waals surface area contributed by atoms with Gasteiger partial charge in [0.2, 0.25) is 5.91 Å². The standard InChI is InChI=1S/C18H22N2O3S2/c1-3-20(14-8-9-25(22,23)12-14)18(21)11-24-17-10-13(2)15-6-4-5-7-16(15)19-17/h4-7,10,14H,3,8-9,11-12H2,1-2H3/t14-/m1/s1. The van der Waals surface area contributed by atoms with E-state index in [2.05, 4.69) is 4.98 Å². The van der Waals surface area contributed by atoms with Gasteiger partial charge in [0.15, 0.2) is 9.84 Å². The van der Waals surface area contributed by atoms with Gasteiger partial charge >= 0.3 is 0 Å². The van der Waals surface area contributed by atoms with E-state index >= 15 is 0 Å². The van der Waals surface area contributed by atoms with E-state index in [1.54, 1.807) is 4.90 Å². The normalized spacial score (nSPS) is 19.2. The van der Waals surface area contributed by atoms with Gasteiger partial charge in [0.25, 0.3) is 0 Å². The van der Waals surface area contributed by atoms with Crippen molar-refractivity contribution < 1.29 is 13.2 Å². The molecule has 1 fully saturated rings. The molecule has 0 aliphatic carbocycles. The first-order valence-electron chi connectivity index (χ1n) is 8.38. The molecule has 1 aromatic carbocycles. The van der Waals surface area contributed by atoms with Gasteiger partial charge in [-0.3, -0.25) is 4.79 Å². The Bertz CT molecular complexity index is 896. The number of carbonyl (C=O) groups excluding carboxylic acids is 1. The summed E-state index contributed by atoms with van der Waals surface area (Å²) in [6.45, 7) is 4.47. The molecule has 1 aromatic heterocycles. The van der Waals surface area contributed by atoms with E-state index in [1.165, 1.54) is 11.8 Å². The summed E-state index contributed by atoms with van der Waals surface area (Å²) in [5.41, 5.74) is 2.06. The second-order valence-electron chi connectivity index (χ2n) is 6.32. The van der Waals surface area contributed by atoms with E-state index in [1.807, 2.05) is 44.2 Å². The van der Waals surface area contributed by atoms with Gasteiger partial charge in [0.1, 0.15) is 0 Å². The maximum Gasteiger partial charge on any atom is 0.233 e. The van der Waals surface area contributed by atoms with E-state index in [0.717, 1.165) is 21.5 Å². The van der Waals surface area contributed by atoms with Crippen LogP contribution in [0.2, 0.25) is 0 Å². The number of aryl methyl sites for hydroxylation is 1. The largest absolute Gasteiger partial charge is 0.338 e. The number of benzene rings is 1. The molecule has 0 bridgehead atoms. The van der Waals surface area contributed by atoms with Crippen molar-refractivity contribution in [1.29, 1.82) is 0 Å². The average molecular weight is 379 g/mol. The molecule has 3 rings (SSSR count). The predicted octanol–water partition coefficient (Wildman–Crippen LogP) is 2.67. The maximum atomic E-state index is 12.6. The summed E-state index contributed by atoms with van der Waals surface area (Å²) in [6, 6.07) is 9.76. The number of hydrogen-bond donors (Lipinski definition) is 0. The van der Waals surface area contributed by atoms with Crippen LogP contribution in [0.25, 0.3) is 10.9 Å². The van der Waals surface area contributed by atoms with Crippen LogP contribution in [0.1, 0.15) is 18.9 Å². The lowest BCUT2D eigenvalue weighted by atomic mass is 10.1. The van der Waals surface area contributed by atoms with Crippen LogP contribution in [0, 0.1) is 6.92 Å². The van der Waals surface area contributed by atoms with E-state index in [0.29, 0.717) is 13.0 Å². The van der Waals surface area contributed by atoms with Gasteiger partial charge < -0.3 is 4.90 Å². The number of amides is 1. The van der Waals surface area contributed by atoms with Crippen molar-refractivity contribution >= 4 is 38.4 Å². The predicted molar refractivity (Wildman–Crippen MR) is 102 cm³/mol. The topological polar surface area (TPSA) is 67.3 Å². The molecular weight excluding hydrogens is 356 g/mol. The Morgan fingerprint density at radius 1 is 1.36 bits per heavy atom. The zero-order chi connectivity index (χ0) is 18.0.